The Morgan fingerprint density at radius 1 is 1.12 bits per heavy atom. The molecule has 0 bridgehead atoms. The van der Waals surface area contributed by atoms with Gasteiger partial charge < -0.3 is 21.1 Å². The molecular formula is C9H17N2O6+. The summed E-state index contributed by atoms with van der Waals surface area (Å²) in [6, 6.07) is -1.53. The van der Waals surface area contributed by atoms with Gasteiger partial charge in [0.25, 0.3) is 0 Å². The maximum absolute atomic E-state index is 11.0. The Kier molecular flexibility index (Phi) is 5.56. The number of quaternary nitrogens is 1. The van der Waals surface area contributed by atoms with Crippen LogP contribution in [0.25, 0.3) is 0 Å². The predicted octanol–water partition coefficient (Wildman–Crippen LogP) is 0.371. The van der Waals surface area contributed by atoms with Crippen molar-refractivity contribution in [1.82, 2.24) is 0 Å². The third-order valence-electron chi connectivity index (χ3n) is 2.63. The van der Waals surface area contributed by atoms with Crippen LogP contribution in [0.4, 0.5) is 9.59 Å². The first kappa shape index (κ1) is 15.3. The number of hydrogen-bond donors (Lipinski definition) is 4. The van der Waals surface area contributed by atoms with Gasteiger partial charge in [0.2, 0.25) is 6.04 Å². The maximum atomic E-state index is 11.0. The molecule has 2 amide bonds. The standard InChI is InChI=1S/C9H16N2O6/c1-11(8(14)15,9(16)17)6(7(12)13)4-2-3-5-10/h6H,2-5,10H2,1H3,(H2-,12,13,14,15,16,17)/p+1. The lowest BCUT2D eigenvalue weighted by Gasteiger charge is -2.27. The lowest BCUT2D eigenvalue weighted by molar-refractivity contribution is -0.782. The molecule has 0 aliphatic heterocycles. The topological polar surface area (TPSA) is 138 Å². The molecule has 0 aliphatic carbocycles. The van der Waals surface area contributed by atoms with Crippen molar-refractivity contribution in [2.45, 2.75) is 25.3 Å². The highest BCUT2D eigenvalue weighted by Crippen LogP contribution is 2.18. The third-order valence-corrected chi connectivity index (χ3v) is 2.63. The van der Waals surface area contributed by atoms with Gasteiger partial charge in [-0.15, -0.1) is 4.48 Å². The van der Waals surface area contributed by atoms with E-state index in [1.54, 1.807) is 0 Å². The number of nitrogens with zero attached hydrogens (tertiary/aromatic N) is 1. The fourth-order valence-electron chi connectivity index (χ4n) is 1.43. The quantitative estimate of drug-likeness (QED) is 0.394. The Morgan fingerprint density at radius 3 is 1.88 bits per heavy atom. The van der Waals surface area contributed by atoms with E-state index in [9.17, 15) is 14.4 Å². The largest absolute Gasteiger partial charge is 0.524 e. The van der Waals surface area contributed by atoms with Crippen molar-refractivity contribution in [3.8, 4) is 0 Å². The van der Waals surface area contributed by atoms with Crippen molar-refractivity contribution in [2.75, 3.05) is 13.6 Å². The summed E-state index contributed by atoms with van der Waals surface area (Å²) in [5.74, 6) is -1.45. The van der Waals surface area contributed by atoms with E-state index in [1.807, 2.05) is 0 Å². The van der Waals surface area contributed by atoms with Crippen LogP contribution in [0.15, 0.2) is 0 Å². The zero-order valence-corrected chi connectivity index (χ0v) is 9.50. The molecule has 0 radical (unpaired) electrons. The lowest BCUT2D eigenvalue weighted by atomic mass is 10.1. The molecule has 8 heteroatoms. The highest BCUT2D eigenvalue weighted by atomic mass is 16.4. The number of amides is 2. The number of carboxylic acid groups (broad SMARTS) is 3. The number of aliphatic carboxylic acids is 1. The number of likely N-dealkylation sites (N-methyl/N-ethyl adjacent to an activating group) is 1. The first-order valence-electron chi connectivity index (χ1n) is 5.04. The second kappa shape index (κ2) is 6.16. The second-order valence-electron chi connectivity index (χ2n) is 3.78. The van der Waals surface area contributed by atoms with Gasteiger partial charge in [0.05, 0.1) is 7.05 Å². The van der Waals surface area contributed by atoms with Crippen LogP contribution >= 0.6 is 0 Å². The van der Waals surface area contributed by atoms with Gasteiger partial charge in [0.15, 0.2) is 0 Å². The summed E-state index contributed by atoms with van der Waals surface area (Å²) in [5, 5.41) is 26.7. The van der Waals surface area contributed by atoms with Crippen LogP contribution in [0.3, 0.4) is 0 Å². The highest BCUT2D eigenvalue weighted by Gasteiger charge is 2.52. The zero-order valence-electron chi connectivity index (χ0n) is 9.50. The zero-order chi connectivity index (χ0) is 13.6. The van der Waals surface area contributed by atoms with Crippen LogP contribution < -0.4 is 5.73 Å². The van der Waals surface area contributed by atoms with Crippen LogP contribution in [-0.2, 0) is 4.79 Å². The number of carbonyl (C=O) groups is 3. The number of carboxylic acids is 1. The molecule has 8 nitrogen and oxygen atoms in total. The molecule has 0 aromatic carbocycles. The fraction of sp³-hybridized carbons (Fsp3) is 0.667. The molecule has 0 aliphatic rings. The van der Waals surface area contributed by atoms with E-state index >= 15 is 0 Å². The van der Waals surface area contributed by atoms with Gasteiger partial charge in [0.1, 0.15) is 0 Å². The van der Waals surface area contributed by atoms with Crippen LogP contribution in [0.1, 0.15) is 19.3 Å². The van der Waals surface area contributed by atoms with Gasteiger partial charge in [-0.25, -0.2) is 4.79 Å². The predicted molar refractivity (Wildman–Crippen MR) is 56.6 cm³/mol. The Bertz CT molecular complexity index is 303. The number of unbranched alkanes of at least 4 members (excludes halogenated alkanes) is 1. The number of hydrogen-bond acceptors (Lipinski definition) is 4. The Hall–Kier alpha value is -1.67. The first-order valence-corrected chi connectivity index (χ1v) is 5.04. The molecule has 1 unspecified atom stereocenters. The van der Waals surface area contributed by atoms with Crippen LogP contribution in [0.5, 0.6) is 0 Å². The number of rotatable bonds is 6. The molecule has 17 heavy (non-hydrogen) atoms. The lowest BCUT2D eigenvalue weighted by Crippen LogP contribution is -2.61. The van der Waals surface area contributed by atoms with Crippen LogP contribution in [0, 0.1) is 0 Å². The van der Waals surface area contributed by atoms with Gasteiger partial charge in [-0.1, -0.05) is 0 Å². The SMILES string of the molecule is C[N+](C(=O)O)(C(=O)O)C(CCCCN)C(=O)O. The maximum Gasteiger partial charge on any atom is 0.524 e. The molecule has 0 heterocycles. The number of nitrogens with two attached hydrogens (primary N) is 1. The molecule has 0 saturated carbocycles. The summed E-state index contributed by atoms with van der Waals surface area (Å²) in [7, 11) is 0.853. The molecule has 98 valence electrons. The van der Waals surface area contributed by atoms with Crippen LogP contribution in [-0.4, -0.2) is 57.6 Å². The average molecular weight is 249 g/mol. The molecule has 0 aromatic rings. The van der Waals surface area contributed by atoms with E-state index in [4.69, 9.17) is 21.1 Å². The molecular weight excluding hydrogens is 232 g/mol. The third kappa shape index (κ3) is 3.40. The fourth-order valence-corrected chi connectivity index (χ4v) is 1.43. The summed E-state index contributed by atoms with van der Waals surface area (Å²) >= 11 is 0. The summed E-state index contributed by atoms with van der Waals surface area (Å²) in [6.07, 6.45) is -2.60. The summed E-state index contributed by atoms with van der Waals surface area (Å²) in [6.45, 7) is 0.343. The monoisotopic (exact) mass is 249 g/mol. The normalized spacial score (nSPS) is 13.1. The minimum absolute atomic E-state index is 0.0539. The average Bonchev–Trinajstić information content (AvgIpc) is 2.22. The van der Waals surface area contributed by atoms with Gasteiger partial charge in [-0.2, -0.15) is 9.59 Å². The first-order chi connectivity index (χ1) is 7.78. The van der Waals surface area contributed by atoms with Crippen molar-refractivity contribution in [2.24, 2.45) is 5.73 Å². The Labute approximate surface area is 97.8 Å². The second-order valence-corrected chi connectivity index (χ2v) is 3.78. The van der Waals surface area contributed by atoms with Gasteiger partial charge in [-0.05, 0) is 19.4 Å². The Balaban J connectivity index is 5.05. The summed E-state index contributed by atoms with van der Waals surface area (Å²) in [5.41, 5.74) is 5.23. The van der Waals surface area contributed by atoms with Crippen molar-refractivity contribution in [1.29, 1.82) is 0 Å². The van der Waals surface area contributed by atoms with Crippen molar-refractivity contribution in [3.63, 3.8) is 0 Å². The van der Waals surface area contributed by atoms with E-state index in [2.05, 4.69) is 0 Å². The molecule has 1 atom stereocenters. The van der Waals surface area contributed by atoms with Crippen LogP contribution in [0.2, 0.25) is 0 Å². The van der Waals surface area contributed by atoms with Gasteiger partial charge >= 0.3 is 18.2 Å². The van der Waals surface area contributed by atoms with E-state index in [0.29, 0.717) is 19.4 Å². The van der Waals surface area contributed by atoms with Crippen molar-refractivity contribution < 1.29 is 34.2 Å². The molecule has 0 spiro atoms. The molecule has 0 saturated heterocycles. The molecule has 0 aromatic heterocycles. The highest BCUT2D eigenvalue weighted by molar-refractivity contribution is 5.81. The van der Waals surface area contributed by atoms with E-state index in [-0.39, 0.29) is 6.42 Å². The summed E-state index contributed by atoms with van der Waals surface area (Å²) < 4.78 is -1.58. The van der Waals surface area contributed by atoms with Gasteiger partial charge in [0, 0.05) is 6.42 Å². The molecule has 0 fully saturated rings. The van der Waals surface area contributed by atoms with E-state index < -0.39 is 28.7 Å². The van der Waals surface area contributed by atoms with Crippen molar-refractivity contribution in [3.05, 3.63) is 0 Å². The molecule has 0 rings (SSSR count). The minimum atomic E-state index is -1.71. The van der Waals surface area contributed by atoms with Crippen molar-refractivity contribution >= 4 is 18.2 Å². The summed E-state index contributed by atoms with van der Waals surface area (Å²) in [4.78, 5) is 32.9. The smallest absolute Gasteiger partial charge is 0.477 e. The Morgan fingerprint density at radius 2 is 1.59 bits per heavy atom. The van der Waals surface area contributed by atoms with Gasteiger partial charge in [-0.3, -0.25) is 0 Å². The van der Waals surface area contributed by atoms with E-state index in [1.165, 1.54) is 0 Å². The minimum Gasteiger partial charge on any atom is -0.477 e. The number of imide groups is 1. The van der Waals surface area contributed by atoms with E-state index in [0.717, 1.165) is 7.05 Å². The molecule has 5 N–H and O–H groups in total.